The molecule has 2 aromatic carbocycles. The van der Waals surface area contributed by atoms with E-state index in [1.807, 2.05) is 0 Å². The first-order valence-electron chi connectivity index (χ1n) is 6.11. The molecule has 19 heavy (non-hydrogen) atoms. The van der Waals surface area contributed by atoms with Crippen molar-refractivity contribution < 1.29 is 0 Å². The summed E-state index contributed by atoms with van der Waals surface area (Å²) < 4.78 is 3.81. The van der Waals surface area contributed by atoms with Crippen LogP contribution in [0.5, 0.6) is 0 Å². The summed E-state index contributed by atoms with van der Waals surface area (Å²) in [5.41, 5.74) is 2.60. The van der Waals surface area contributed by atoms with Gasteiger partial charge in [0.15, 0.2) is 0 Å². The molecule has 0 unspecified atom stereocenters. The standard InChI is InChI=1S/C17H12SSe/c18-15-11-16(13-7-3-1-4-8-13)19-17(12-15)14-9-5-2-6-10-14/h1-12H/p+1. The topological polar surface area (TPSA) is 0 Å². The van der Waals surface area contributed by atoms with Crippen molar-refractivity contribution in [1.29, 1.82) is 0 Å². The van der Waals surface area contributed by atoms with Crippen LogP contribution < -0.4 is 0 Å². The molecule has 0 aliphatic heterocycles. The van der Waals surface area contributed by atoms with Gasteiger partial charge in [-0.25, -0.2) is 0 Å². The summed E-state index contributed by atoms with van der Waals surface area (Å²) in [7, 11) is 0. The SMILES string of the molecule is [SH+]=c1cc(-c2ccccc2)[se]c(-c2ccccc2)c1. The first-order valence-corrected chi connectivity index (χ1v) is 8.27. The Bertz CT molecular complexity index is 669. The molecule has 0 fully saturated rings. The van der Waals surface area contributed by atoms with Crippen molar-refractivity contribution in [3.05, 3.63) is 77.3 Å². The Morgan fingerprint density at radius 1 is 0.632 bits per heavy atom. The molecule has 0 aliphatic carbocycles. The molecule has 0 nitrogen and oxygen atoms in total. The summed E-state index contributed by atoms with van der Waals surface area (Å²) in [5.74, 6) is 0. The van der Waals surface area contributed by atoms with E-state index in [-0.39, 0.29) is 0 Å². The molecule has 92 valence electrons. The summed E-state index contributed by atoms with van der Waals surface area (Å²) in [6, 6.07) is 25.5. The fourth-order valence-corrected chi connectivity index (χ4v) is 4.97. The Hall–Kier alpha value is -1.47. The third-order valence-electron chi connectivity index (χ3n) is 2.89. The normalized spacial score (nSPS) is 10.3. The fourth-order valence-electron chi connectivity index (χ4n) is 1.98. The number of benzene rings is 2. The van der Waals surface area contributed by atoms with E-state index in [1.165, 1.54) is 20.0 Å². The third kappa shape index (κ3) is 2.93. The first kappa shape index (κ1) is 12.6. The zero-order chi connectivity index (χ0) is 13.1. The van der Waals surface area contributed by atoms with Gasteiger partial charge in [0.2, 0.25) is 0 Å². The van der Waals surface area contributed by atoms with Gasteiger partial charge in [0.25, 0.3) is 0 Å². The van der Waals surface area contributed by atoms with Crippen LogP contribution in [0, 0.1) is 4.51 Å². The molecular formula is C17H13SSe+. The van der Waals surface area contributed by atoms with Gasteiger partial charge in [-0.15, -0.1) is 0 Å². The second kappa shape index (κ2) is 5.66. The van der Waals surface area contributed by atoms with E-state index in [0.717, 1.165) is 4.51 Å². The van der Waals surface area contributed by atoms with Crippen molar-refractivity contribution in [3.8, 4) is 20.0 Å². The first-order chi connectivity index (χ1) is 9.33. The fraction of sp³-hybridized carbons (Fsp3) is 0. The molecule has 3 rings (SSSR count). The maximum atomic E-state index is 4.55. The van der Waals surface area contributed by atoms with Crippen molar-refractivity contribution in [1.82, 2.24) is 0 Å². The second-order valence-electron chi connectivity index (χ2n) is 4.28. The number of hydrogen-bond donors (Lipinski definition) is 0. The van der Waals surface area contributed by atoms with Crippen LogP contribution >= 0.6 is 0 Å². The Balaban J connectivity index is 2.15. The zero-order valence-electron chi connectivity index (χ0n) is 10.3. The molecule has 0 aliphatic rings. The minimum absolute atomic E-state index is 0.328. The average Bonchev–Trinajstić information content (AvgIpc) is 2.48. The van der Waals surface area contributed by atoms with Crippen molar-refractivity contribution in [3.63, 3.8) is 0 Å². The molecule has 1 aromatic heterocycles. The molecule has 0 radical (unpaired) electrons. The van der Waals surface area contributed by atoms with Crippen molar-refractivity contribution in [2.45, 2.75) is 0 Å². The van der Waals surface area contributed by atoms with Crippen molar-refractivity contribution >= 4 is 26.7 Å². The van der Waals surface area contributed by atoms with E-state index in [0.29, 0.717) is 14.5 Å². The quantitative estimate of drug-likeness (QED) is 0.290. The van der Waals surface area contributed by atoms with Crippen LogP contribution in [0.25, 0.3) is 20.0 Å². The predicted molar refractivity (Wildman–Crippen MR) is 86.3 cm³/mol. The monoisotopic (exact) mass is 329 g/mol. The number of thiol groups is 1. The predicted octanol–water partition coefficient (Wildman–Crippen LogP) is 3.89. The van der Waals surface area contributed by atoms with E-state index in [1.54, 1.807) is 0 Å². The van der Waals surface area contributed by atoms with E-state index >= 15 is 0 Å². The molecule has 0 N–H and O–H groups in total. The Kier molecular flexibility index (Phi) is 3.74. The molecule has 3 aromatic rings. The van der Waals surface area contributed by atoms with Crippen LogP contribution in [0.2, 0.25) is 0 Å². The number of rotatable bonds is 2. The van der Waals surface area contributed by atoms with Gasteiger partial charge >= 0.3 is 124 Å². The summed E-state index contributed by atoms with van der Waals surface area (Å²) in [6.45, 7) is 0. The second-order valence-corrected chi connectivity index (χ2v) is 7.07. The summed E-state index contributed by atoms with van der Waals surface area (Å²) in [6.07, 6.45) is 0. The summed E-state index contributed by atoms with van der Waals surface area (Å²) in [5, 5.41) is 0. The van der Waals surface area contributed by atoms with Crippen molar-refractivity contribution in [2.75, 3.05) is 0 Å². The molecule has 0 amide bonds. The zero-order valence-corrected chi connectivity index (χ0v) is 12.9. The van der Waals surface area contributed by atoms with E-state index in [2.05, 4.69) is 85.0 Å². The molecule has 0 spiro atoms. The Morgan fingerprint density at radius 2 is 1.05 bits per heavy atom. The van der Waals surface area contributed by atoms with Gasteiger partial charge in [0.05, 0.1) is 0 Å². The average molecular weight is 328 g/mol. The molecule has 0 saturated carbocycles. The summed E-state index contributed by atoms with van der Waals surface area (Å²) in [4.78, 5) is 0. The molecular weight excluding hydrogens is 315 g/mol. The van der Waals surface area contributed by atoms with Crippen LogP contribution in [-0.2, 0) is 12.2 Å². The molecule has 0 atom stereocenters. The van der Waals surface area contributed by atoms with Gasteiger partial charge in [0, 0.05) is 0 Å². The van der Waals surface area contributed by atoms with Crippen molar-refractivity contribution in [2.24, 2.45) is 0 Å². The Morgan fingerprint density at radius 3 is 1.47 bits per heavy atom. The molecule has 0 bridgehead atoms. The van der Waals surface area contributed by atoms with Gasteiger partial charge < -0.3 is 0 Å². The molecule has 1 heterocycles. The molecule has 0 saturated heterocycles. The maximum absolute atomic E-state index is 4.55. The van der Waals surface area contributed by atoms with Crippen LogP contribution in [-0.4, -0.2) is 14.5 Å². The third-order valence-corrected chi connectivity index (χ3v) is 5.56. The summed E-state index contributed by atoms with van der Waals surface area (Å²) >= 11 is 4.88. The van der Waals surface area contributed by atoms with Crippen LogP contribution in [0.4, 0.5) is 0 Å². The minimum atomic E-state index is 0.328. The Labute approximate surface area is 124 Å². The van der Waals surface area contributed by atoms with E-state index in [9.17, 15) is 0 Å². The van der Waals surface area contributed by atoms with Crippen LogP contribution in [0.1, 0.15) is 0 Å². The van der Waals surface area contributed by atoms with Gasteiger partial charge in [-0.05, 0) is 0 Å². The van der Waals surface area contributed by atoms with Gasteiger partial charge in [-0.2, -0.15) is 0 Å². The van der Waals surface area contributed by atoms with E-state index < -0.39 is 0 Å². The van der Waals surface area contributed by atoms with Gasteiger partial charge in [-0.1, -0.05) is 0 Å². The van der Waals surface area contributed by atoms with Crippen LogP contribution in [0.15, 0.2) is 72.8 Å². The number of hydrogen-bond acceptors (Lipinski definition) is 0. The van der Waals surface area contributed by atoms with Crippen LogP contribution in [0.3, 0.4) is 0 Å². The molecule has 2 heteroatoms. The van der Waals surface area contributed by atoms with Gasteiger partial charge in [0.1, 0.15) is 0 Å². The van der Waals surface area contributed by atoms with E-state index in [4.69, 9.17) is 0 Å². The van der Waals surface area contributed by atoms with Gasteiger partial charge in [-0.3, -0.25) is 0 Å².